The smallest absolute Gasteiger partial charge is 0.264 e. The fraction of sp³-hybridized carbons (Fsp3) is 0.310. The molecule has 0 aliphatic rings. The SMILES string of the molecule is CCCNC(=O)[C@@H](C)N(Cc1cccc(OC)c1)C(=O)CN(c1ccccc1C)S(=O)(=O)c1ccc(Cl)cc1. The Morgan fingerprint density at radius 3 is 2.36 bits per heavy atom. The maximum Gasteiger partial charge on any atom is 0.264 e. The maximum absolute atomic E-state index is 13.9. The van der Waals surface area contributed by atoms with Gasteiger partial charge in [-0.1, -0.05) is 48.9 Å². The van der Waals surface area contributed by atoms with E-state index in [1.165, 1.54) is 29.2 Å². The van der Waals surface area contributed by atoms with E-state index >= 15 is 0 Å². The molecule has 2 amide bonds. The molecule has 0 saturated heterocycles. The topological polar surface area (TPSA) is 96.0 Å². The molecule has 8 nitrogen and oxygen atoms in total. The van der Waals surface area contributed by atoms with Crippen LogP contribution in [0.25, 0.3) is 0 Å². The molecule has 0 spiro atoms. The number of benzene rings is 3. The number of ether oxygens (including phenoxy) is 1. The third-order valence-corrected chi connectivity index (χ3v) is 8.29. The van der Waals surface area contributed by atoms with Crippen molar-refractivity contribution in [3.05, 3.63) is 88.9 Å². The molecule has 3 aromatic rings. The first-order valence-corrected chi connectivity index (χ1v) is 14.4. The van der Waals surface area contributed by atoms with Gasteiger partial charge in [0.05, 0.1) is 17.7 Å². The summed E-state index contributed by atoms with van der Waals surface area (Å²) in [7, 11) is -2.61. The summed E-state index contributed by atoms with van der Waals surface area (Å²) in [5.74, 6) is -0.247. The Morgan fingerprint density at radius 2 is 1.72 bits per heavy atom. The van der Waals surface area contributed by atoms with Gasteiger partial charge >= 0.3 is 0 Å². The first-order chi connectivity index (χ1) is 18.6. The lowest BCUT2D eigenvalue weighted by molar-refractivity contribution is -0.139. The minimum Gasteiger partial charge on any atom is -0.497 e. The number of hydrogen-bond acceptors (Lipinski definition) is 5. The van der Waals surface area contributed by atoms with Gasteiger partial charge in [-0.25, -0.2) is 8.42 Å². The molecule has 0 radical (unpaired) electrons. The number of anilines is 1. The van der Waals surface area contributed by atoms with Crippen LogP contribution in [0, 0.1) is 6.92 Å². The van der Waals surface area contributed by atoms with E-state index in [1.807, 2.05) is 13.0 Å². The van der Waals surface area contributed by atoms with Crippen LogP contribution < -0.4 is 14.4 Å². The Morgan fingerprint density at radius 1 is 1.03 bits per heavy atom. The second-order valence-corrected chi connectivity index (χ2v) is 11.4. The number of hydrogen-bond donors (Lipinski definition) is 1. The number of nitrogens with zero attached hydrogens (tertiary/aromatic N) is 2. The number of sulfonamides is 1. The highest BCUT2D eigenvalue weighted by Gasteiger charge is 2.33. The fourth-order valence-electron chi connectivity index (χ4n) is 4.04. The Bertz CT molecular complexity index is 1400. The minimum absolute atomic E-state index is 0.00367. The van der Waals surface area contributed by atoms with Crippen molar-refractivity contribution in [1.29, 1.82) is 0 Å². The third-order valence-electron chi connectivity index (χ3n) is 6.27. The van der Waals surface area contributed by atoms with Crippen LogP contribution in [0.5, 0.6) is 5.75 Å². The van der Waals surface area contributed by atoms with E-state index in [1.54, 1.807) is 63.4 Å². The highest BCUT2D eigenvalue weighted by molar-refractivity contribution is 7.92. The van der Waals surface area contributed by atoms with Crippen LogP contribution in [0.15, 0.2) is 77.7 Å². The van der Waals surface area contributed by atoms with E-state index in [4.69, 9.17) is 16.3 Å². The van der Waals surface area contributed by atoms with Crippen LogP contribution in [0.4, 0.5) is 5.69 Å². The summed E-state index contributed by atoms with van der Waals surface area (Å²) in [6, 6.07) is 19.0. The number of carbonyl (C=O) groups excluding carboxylic acids is 2. The normalized spacial score (nSPS) is 11.9. The zero-order valence-electron chi connectivity index (χ0n) is 22.6. The summed E-state index contributed by atoms with van der Waals surface area (Å²) in [5, 5.41) is 3.22. The summed E-state index contributed by atoms with van der Waals surface area (Å²) in [6.45, 7) is 5.38. The Labute approximate surface area is 235 Å². The fourth-order valence-corrected chi connectivity index (χ4v) is 5.64. The molecule has 208 valence electrons. The predicted octanol–water partition coefficient (Wildman–Crippen LogP) is 4.80. The highest BCUT2D eigenvalue weighted by atomic mass is 35.5. The van der Waals surface area contributed by atoms with E-state index in [0.29, 0.717) is 28.6 Å². The number of aryl methyl sites for hydroxylation is 1. The molecule has 0 fully saturated rings. The van der Waals surface area contributed by atoms with Crippen molar-refractivity contribution in [2.24, 2.45) is 0 Å². The molecule has 10 heteroatoms. The van der Waals surface area contributed by atoms with Gasteiger partial charge in [0.2, 0.25) is 11.8 Å². The van der Waals surface area contributed by atoms with Gasteiger partial charge in [0.15, 0.2) is 0 Å². The maximum atomic E-state index is 13.9. The summed E-state index contributed by atoms with van der Waals surface area (Å²) < 4.78 is 34.1. The van der Waals surface area contributed by atoms with Crippen molar-refractivity contribution in [2.45, 2.75) is 44.7 Å². The zero-order valence-corrected chi connectivity index (χ0v) is 24.1. The standard InChI is InChI=1S/C29H34ClN3O5S/c1-5-17-31-29(35)22(3)32(19-23-10-8-11-25(18-23)38-4)28(34)20-33(27-12-7-6-9-21(27)2)39(36,37)26-15-13-24(30)14-16-26/h6-16,18,22H,5,17,19-20H2,1-4H3,(H,31,35)/t22-/m1/s1. The molecular weight excluding hydrogens is 538 g/mol. The molecule has 0 aliphatic carbocycles. The molecule has 0 heterocycles. The number of para-hydroxylation sites is 1. The lowest BCUT2D eigenvalue weighted by Gasteiger charge is -2.32. The average Bonchev–Trinajstić information content (AvgIpc) is 2.93. The van der Waals surface area contributed by atoms with Crippen LogP contribution in [0.3, 0.4) is 0 Å². The average molecular weight is 572 g/mol. The molecule has 39 heavy (non-hydrogen) atoms. The van der Waals surface area contributed by atoms with Crippen molar-refractivity contribution >= 4 is 39.1 Å². The Kier molecular flexibility index (Phi) is 10.4. The van der Waals surface area contributed by atoms with E-state index in [0.717, 1.165) is 16.3 Å². The van der Waals surface area contributed by atoms with E-state index in [2.05, 4.69) is 5.32 Å². The van der Waals surface area contributed by atoms with Crippen molar-refractivity contribution in [1.82, 2.24) is 10.2 Å². The molecule has 0 aliphatic heterocycles. The number of amides is 2. The van der Waals surface area contributed by atoms with Gasteiger partial charge < -0.3 is 15.0 Å². The number of carbonyl (C=O) groups is 2. The third kappa shape index (κ3) is 7.52. The van der Waals surface area contributed by atoms with Gasteiger partial charge in [-0.3, -0.25) is 13.9 Å². The van der Waals surface area contributed by atoms with Gasteiger partial charge in [-0.05, 0) is 73.9 Å². The van der Waals surface area contributed by atoms with Crippen LogP contribution in [0.1, 0.15) is 31.4 Å². The van der Waals surface area contributed by atoms with Crippen LogP contribution >= 0.6 is 11.6 Å². The molecule has 1 atom stereocenters. The first-order valence-electron chi connectivity index (χ1n) is 12.6. The highest BCUT2D eigenvalue weighted by Crippen LogP contribution is 2.28. The van der Waals surface area contributed by atoms with Crippen molar-refractivity contribution in [2.75, 3.05) is 24.5 Å². The number of halogens is 1. The van der Waals surface area contributed by atoms with Gasteiger partial charge in [0, 0.05) is 18.1 Å². The monoisotopic (exact) mass is 571 g/mol. The summed E-state index contributed by atoms with van der Waals surface area (Å²) in [6.07, 6.45) is 0.739. The van der Waals surface area contributed by atoms with Crippen molar-refractivity contribution < 1.29 is 22.7 Å². The second kappa shape index (κ2) is 13.5. The summed E-state index contributed by atoms with van der Waals surface area (Å²) in [4.78, 5) is 28.3. The lowest BCUT2D eigenvalue weighted by atomic mass is 10.1. The van der Waals surface area contributed by atoms with Crippen LogP contribution in [0.2, 0.25) is 5.02 Å². The quantitative estimate of drug-likeness (QED) is 0.337. The van der Waals surface area contributed by atoms with Crippen LogP contribution in [-0.4, -0.2) is 51.4 Å². The number of nitrogens with one attached hydrogen (secondary N) is 1. The van der Waals surface area contributed by atoms with E-state index in [-0.39, 0.29) is 17.3 Å². The molecule has 3 rings (SSSR count). The molecular formula is C29H34ClN3O5S. The largest absolute Gasteiger partial charge is 0.497 e. The molecule has 0 bridgehead atoms. The number of rotatable bonds is 12. The van der Waals surface area contributed by atoms with Gasteiger partial charge in [0.1, 0.15) is 18.3 Å². The van der Waals surface area contributed by atoms with Crippen LogP contribution in [-0.2, 0) is 26.2 Å². The summed E-state index contributed by atoms with van der Waals surface area (Å²) >= 11 is 5.99. The predicted molar refractivity (Wildman–Crippen MR) is 153 cm³/mol. The van der Waals surface area contributed by atoms with E-state index < -0.39 is 28.5 Å². The lowest BCUT2D eigenvalue weighted by Crippen LogP contribution is -2.51. The second-order valence-electron chi connectivity index (χ2n) is 9.09. The molecule has 0 unspecified atom stereocenters. The Hall–Kier alpha value is -3.56. The van der Waals surface area contributed by atoms with E-state index in [9.17, 15) is 18.0 Å². The van der Waals surface area contributed by atoms with Gasteiger partial charge in [-0.15, -0.1) is 0 Å². The molecule has 3 aromatic carbocycles. The molecule has 0 saturated carbocycles. The molecule has 1 N–H and O–H groups in total. The minimum atomic E-state index is -4.16. The summed E-state index contributed by atoms with van der Waals surface area (Å²) in [5.41, 5.74) is 1.78. The zero-order chi connectivity index (χ0) is 28.6. The van der Waals surface area contributed by atoms with Crippen molar-refractivity contribution in [3.8, 4) is 5.75 Å². The van der Waals surface area contributed by atoms with Gasteiger partial charge in [0.25, 0.3) is 10.0 Å². The number of methoxy groups -OCH3 is 1. The van der Waals surface area contributed by atoms with Crippen molar-refractivity contribution in [3.63, 3.8) is 0 Å². The first kappa shape index (κ1) is 30.0. The van der Waals surface area contributed by atoms with Gasteiger partial charge in [-0.2, -0.15) is 0 Å². The Balaban J connectivity index is 2.03. The molecule has 0 aromatic heterocycles.